The highest BCUT2D eigenvalue weighted by Gasteiger charge is 2.02. The number of unbranched alkanes of at least 4 members (excludes halogenated alkanes) is 7. The summed E-state index contributed by atoms with van der Waals surface area (Å²) in [6, 6.07) is 14.0. The zero-order chi connectivity index (χ0) is 20.0. The third-order valence-corrected chi connectivity index (χ3v) is 4.57. The molecule has 0 aliphatic heterocycles. The summed E-state index contributed by atoms with van der Waals surface area (Å²) < 4.78 is 5.79. The molecule has 2 aromatic carbocycles. The first-order valence-electron chi connectivity index (χ1n) is 10.2. The van der Waals surface area contributed by atoms with Crippen LogP contribution in [-0.2, 0) is 0 Å². The van der Waals surface area contributed by atoms with Crippen molar-refractivity contribution in [2.45, 2.75) is 58.3 Å². The molecule has 0 aliphatic rings. The van der Waals surface area contributed by atoms with E-state index >= 15 is 0 Å². The van der Waals surface area contributed by atoms with E-state index in [2.05, 4.69) is 11.9 Å². The van der Waals surface area contributed by atoms with Crippen molar-refractivity contribution < 1.29 is 9.66 Å². The summed E-state index contributed by atoms with van der Waals surface area (Å²) >= 11 is 0. The molecule has 0 N–H and O–H groups in total. The molecule has 150 valence electrons. The number of non-ortho nitro benzene ring substituents is 1. The molecule has 0 radical (unpaired) electrons. The Hall–Kier alpha value is -2.69. The SMILES string of the molecule is CCCCCCCCCCOc1ccc(N=Cc2ccc([N+](=O)[O-])cc2)cc1. The average Bonchev–Trinajstić information content (AvgIpc) is 2.72. The maximum atomic E-state index is 10.7. The molecule has 0 aromatic heterocycles. The number of nitrogens with zero attached hydrogens (tertiary/aromatic N) is 2. The average molecular weight is 383 g/mol. The molecule has 0 unspecified atom stereocenters. The van der Waals surface area contributed by atoms with E-state index in [0.29, 0.717) is 0 Å². The van der Waals surface area contributed by atoms with Crippen LogP contribution < -0.4 is 4.74 Å². The third kappa shape index (κ3) is 8.33. The third-order valence-electron chi connectivity index (χ3n) is 4.57. The Kier molecular flexibility index (Phi) is 9.76. The fourth-order valence-corrected chi connectivity index (χ4v) is 2.89. The molecule has 5 heteroatoms. The first-order valence-corrected chi connectivity index (χ1v) is 10.2. The minimum absolute atomic E-state index is 0.0788. The highest BCUT2D eigenvalue weighted by atomic mass is 16.6. The highest BCUT2D eigenvalue weighted by Crippen LogP contribution is 2.19. The molecule has 0 saturated carbocycles. The molecule has 0 atom stereocenters. The van der Waals surface area contributed by atoms with Crippen molar-refractivity contribution in [2.24, 2.45) is 4.99 Å². The van der Waals surface area contributed by atoms with Crippen molar-refractivity contribution in [3.8, 4) is 5.75 Å². The van der Waals surface area contributed by atoms with Crippen LogP contribution in [0.5, 0.6) is 5.75 Å². The number of ether oxygens (including phenoxy) is 1. The van der Waals surface area contributed by atoms with Gasteiger partial charge in [-0.25, -0.2) is 0 Å². The number of benzene rings is 2. The fourth-order valence-electron chi connectivity index (χ4n) is 2.89. The van der Waals surface area contributed by atoms with Gasteiger partial charge in [-0.3, -0.25) is 15.1 Å². The second kappa shape index (κ2) is 12.7. The molecular formula is C23H30N2O3. The summed E-state index contributed by atoms with van der Waals surface area (Å²) in [5, 5.41) is 10.7. The Labute approximate surface area is 167 Å². The number of hydrogen-bond acceptors (Lipinski definition) is 4. The van der Waals surface area contributed by atoms with Crippen LogP contribution in [0.15, 0.2) is 53.5 Å². The maximum absolute atomic E-state index is 10.7. The summed E-state index contributed by atoms with van der Waals surface area (Å²) in [6.45, 7) is 3.00. The van der Waals surface area contributed by atoms with E-state index in [1.807, 2.05) is 24.3 Å². The second-order valence-corrected chi connectivity index (χ2v) is 6.92. The van der Waals surface area contributed by atoms with E-state index in [1.54, 1.807) is 18.3 Å². The minimum atomic E-state index is -0.409. The largest absolute Gasteiger partial charge is 0.494 e. The summed E-state index contributed by atoms with van der Waals surface area (Å²) in [4.78, 5) is 14.6. The van der Waals surface area contributed by atoms with E-state index in [-0.39, 0.29) is 5.69 Å². The lowest BCUT2D eigenvalue weighted by molar-refractivity contribution is -0.384. The maximum Gasteiger partial charge on any atom is 0.269 e. The number of rotatable bonds is 13. The lowest BCUT2D eigenvalue weighted by atomic mass is 10.1. The molecular weight excluding hydrogens is 352 g/mol. The van der Waals surface area contributed by atoms with E-state index in [9.17, 15) is 10.1 Å². The van der Waals surface area contributed by atoms with Crippen molar-refractivity contribution in [2.75, 3.05) is 6.61 Å². The molecule has 0 spiro atoms. The van der Waals surface area contributed by atoms with Crippen molar-refractivity contribution in [3.63, 3.8) is 0 Å². The van der Waals surface area contributed by atoms with Gasteiger partial charge in [-0.05, 0) is 48.4 Å². The second-order valence-electron chi connectivity index (χ2n) is 6.92. The van der Waals surface area contributed by atoms with Gasteiger partial charge in [0.25, 0.3) is 5.69 Å². The van der Waals surface area contributed by atoms with Crippen LogP contribution in [0.4, 0.5) is 11.4 Å². The molecule has 0 amide bonds. The molecule has 0 heterocycles. The lowest BCUT2D eigenvalue weighted by Crippen LogP contribution is -1.97. The van der Waals surface area contributed by atoms with Gasteiger partial charge in [0.2, 0.25) is 0 Å². The highest BCUT2D eigenvalue weighted by molar-refractivity contribution is 5.82. The first kappa shape index (κ1) is 21.6. The summed E-state index contributed by atoms with van der Waals surface area (Å²) in [5.41, 5.74) is 1.72. The predicted octanol–water partition coefficient (Wildman–Crippen LogP) is 6.86. The van der Waals surface area contributed by atoms with Gasteiger partial charge in [0.05, 0.1) is 17.2 Å². The van der Waals surface area contributed by atoms with Crippen LogP contribution in [0.3, 0.4) is 0 Å². The van der Waals surface area contributed by atoms with E-state index in [0.717, 1.165) is 30.0 Å². The van der Waals surface area contributed by atoms with Crippen molar-refractivity contribution in [3.05, 3.63) is 64.2 Å². The normalized spacial score (nSPS) is 11.0. The van der Waals surface area contributed by atoms with Crippen LogP contribution >= 0.6 is 0 Å². The van der Waals surface area contributed by atoms with Gasteiger partial charge in [0, 0.05) is 18.3 Å². The van der Waals surface area contributed by atoms with Gasteiger partial charge < -0.3 is 4.74 Å². The Morgan fingerprint density at radius 2 is 1.50 bits per heavy atom. The number of nitro groups is 1. The molecule has 0 bridgehead atoms. The Morgan fingerprint density at radius 1 is 0.893 bits per heavy atom. The van der Waals surface area contributed by atoms with Crippen LogP contribution in [-0.4, -0.2) is 17.7 Å². The molecule has 0 aliphatic carbocycles. The molecule has 0 fully saturated rings. The quantitative estimate of drug-likeness (QED) is 0.164. The zero-order valence-corrected chi connectivity index (χ0v) is 16.7. The number of nitro benzene ring substituents is 1. The van der Waals surface area contributed by atoms with Crippen LogP contribution in [0, 0.1) is 10.1 Å². The number of hydrogen-bond donors (Lipinski definition) is 0. The monoisotopic (exact) mass is 382 g/mol. The Balaban J connectivity index is 1.66. The number of aliphatic imine (C=N–C) groups is 1. The van der Waals surface area contributed by atoms with Crippen LogP contribution in [0.2, 0.25) is 0 Å². The minimum Gasteiger partial charge on any atom is -0.494 e. The first-order chi connectivity index (χ1) is 13.7. The molecule has 2 rings (SSSR count). The van der Waals surface area contributed by atoms with Gasteiger partial charge in [-0.1, -0.05) is 51.9 Å². The van der Waals surface area contributed by atoms with E-state index in [4.69, 9.17) is 4.74 Å². The Bertz CT molecular complexity index is 725. The van der Waals surface area contributed by atoms with Gasteiger partial charge >= 0.3 is 0 Å². The van der Waals surface area contributed by atoms with Gasteiger partial charge in [-0.15, -0.1) is 0 Å². The Morgan fingerprint density at radius 3 is 2.11 bits per heavy atom. The van der Waals surface area contributed by atoms with Crippen LogP contribution in [0.1, 0.15) is 63.9 Å². The standard InChI is InChI=1S/C23H30N2O3/c1-2-3-4-5-6-7-8-9-18-28-23-16-12-21(13-17-23)24-19-20-10-14-22(15-11-20)25(26)27/h10-17,19H,2-9,18H2,1H3. The molecule has 2 aromatic rings. The van der Waals surface area contributed by atoms with Gasteiger partial charge in [0.1, 0.15) is 5.75 Å². The van der Waals surface area contributed by atoms with Gasteiger partial charge in [0.15, 0.2) is 0 Å². The molecule has 28 heavy (non-hydrogen) atoms. The topological polar surface area (TPSA) is 64.7 Å². The van der Waals surface area contributed by atoms with E-state index in [1.165, 1.54) is 57.1 Å². The zero-order valence-electron chi connectivity index (χ0n) is 16.7. The molecule has 0 saturated heterocycles. The van der Waals surface area contributed by atoms with Crippen LogP contribution in [0.25, 0.3) is 0 Å². The summed E-state index contributed by atoms with van der Waals surface area (Å²) in [6.07, 6.45) is 12.0. The predicted molar refractivity (Wildman–Crippen MR) is 115 cm³/mol. The van der Waals surface area contributed by atoms with Crippen molar-refractivity contribution in [1.29, 1.82) is 0 Å². The molecule has 5 nitrogen and oxygen atoms in total. The summed E-state index contributed by atoms with van der Waals surface area (Å²) in [7, 11) is 0. The van der Waals surface area contributed by atoms with Gasteiger partial charge in [-0.2, -0.15) is 0 Å². The fraction of sp³-hybridized carbons (Fsp3) is 0.435. The van der Waals surface area contributed by atoms with E-state index < -0.39 is 4.92 Å². The smallest absolute Gasteiger partial charge is 0.269 e. The lowest BCUT2D eigenvalue weighted by Gasteiger charge is -2.06. The summed E-state index contributed by atoms with van der Waals surface area (Å²) in [5.74, 6) is 0.859. The van der Waals surface area contributed by atoms with Crippen molar-refractivity contribution in [1.82, 2.24) is 0 Å². The van der Waals surface area contributed by atoms with Crippen molar-refractivity contribution >= 4 is 17.6 Å².